The molecule has 1 unspecified atom stereocenters. The molecule has 3 N–H and O–H groups in total. The van der Waals surface area contributed by atoms with Gasteiger partial charge in [-0.2, -0.15) is 0 Å². The van der Waals surface area contributed by atoms with Crippen LogP contribution in [0.15, 0.2) is 12.4 Å². The largest absolute Gasteiger partial charge is 0.393 e. The molecule has 0 bridgehead atoms. The lowest BCUT2D eigenvalue weighted by Crippen LogP contribution is -2.37. The number of nitrogens with zero attached hydrogens (tertiary/aromatic N) is 2. The number of aryl methyl sites for hydroxylation is 1. The Hall–Kier alpha value is -1.20. The third-order valence-electron chi connectivity index (χ3n) is 2.22. The van der Waals surface area contributed by atoms with Crippen LogP contribution >= 0.6 is 0 Å². The molecule has 1 heterocycles. The Bertz CT molecular complexity index is 329. The Balaban J connectivity index is 2.57. The van der Waals surface area contributed by atoms with Crippen LogP contribution in [0.25, 0.3) is 0 Å². The molecule has 16 heavy (non-hydrogen) atoms. The first-order valence-corrected chi connectivity index (χ1v) is 5.45. The topological polar surface area (TPSA) is 78.3 Å². The minimum absolute atomic E-state index is 0.256. The first kappa shape index (κ1) is 12.9. The van der Waals surface area contributed by atoms with Gasteiger partial charge in [0.05, 0.1) is 6.61 Å². The molecular weight excluding hydrogens is 206 g/mol. The maximum atomic E-state index is 9.60. The fourth-order valence-corrected chi connectivity index (χ4v) is 1.22. The second kappa shape index (κ2) is 5.77. The van der Waals surface area contributed by atoms with E-state index >= 15 is 0 Å². The van der Waals surface area contributed by atoms with Crippen LogP contribution in [0.5, 0.6) is 0 Å². The second-order valence-corrected chi connectivity index (χ2v) is 4.15. The van der Waals surface area contributed by atoms with E-state index in [1.165, 1.54) is 6.33 Å². The van der Waals surface area contributed by atoms with Crippen LogP contribution in [0, 0.1) is 0 Å². The summed E-state index contributed by atoms with van der Waals surface area (Å²) in [5.41, 5.74) is -0.154. The van der Waals surface area contributed by atoms with Gasteiger partial charge in [-0.05, 0) is 13.3 Å². The summed E-state index contributed by atoms with van der Waals surface area (Å²) in [6.07, 6.45) is 3.44. The molecule has 1 atom stereocenters. The van der Waals surface area contributed by atoms with Crippen molar-refractivity contribution in [2.24, 2.45) is 0 Å². The molecule has 0 fully saturated rings. The lowest BCUT2D eigenvalue weighted by molar-refractivity contribution is 0.0131. The van der Waals surface area contributed by atoms with E-state index in [-0.39, 0.29) is 13.2 Å². The smallest absolute Gasteiger partial charge is 0.129 e. The predicted octanol–water partition coefficient (Wildman–Crippen LogP) is 0.584. The van der Waals surface area contributed by atoms with Crippen LogP contribution in [0.3, 0.4) is 0 Å². The van der Waals surface area contributed by atoms with E-state index in [1.807, 2.05) is 6.07 Å². The molecule has 0 aliphatic heterocycles. The summed E-state index contributed by atoms with van der Waals surface area (Å²) >= 11 is 0. The van der Waals surface area contributed by atoms with Gasteiger partial charge >= 0.3 is 0 Å². The van der Waals surface area contributed by atoms with Crippen LogP contribution in [-0.2, 0) is 6.42 Å². The molecule has 0 aliphatic carbocycles. The molecule has 0 aromatic carbocycles. The summed E-state index contributed by atoms with van der Waals surface area (Å²) in [5.74, 6) is 0.673. The van der Waals surface area contributed by atoms with Crippen molar-refractivity contribution in [1.82, 2.24) is 9.97 Å². The average molecular weight is 225 g/mol. The van der Waals surface area contributed by atoms with Crippen LogP contribution in [0.1, 0.15) is 26.0 Å². The van der Waals surface area contributed by atoms with E-state index in [4.69, 9.17) is 5.11 Å². The molecule has 1 aromatic rings. The summed E-state index contributed by atoms with van der Waals surface area (Å²) in [4.78, 5) is 8.17. The van der Waals surface area contributed by atoms with Gasteiger partial charge in [0.25, 0.3) is 0 Å². The van der Waals surface area contributed by atoms with E-state index in [2.05, 4.69) is 22.2 Å². The van der Waals surface area contributed by atoms with Crippen molar-refractivity contribution < 1.29 is 10.2 Å². The Labute approximate surface area is 95.6 Å². The standard InChI is InChI=1S/C11H19N3O2/c1-3-4-9-5-10(14-8-13-9)12-6-11(2,16)7-15/h5,8,15-16H,3-4,6-7H2,1-2H3,(H,12,13,14). The lowest BCUT2D eigenvalue weighted by Gasteiger charge is -2.20. The molecule has 5 nitrogen and oxygen atoms in total. The summed E-state index contributed by atoms with van der Waals surface area (Å²) in [5, 5.41) is 21.5. The number of hydrogen-bond donors (Lipinski definition) is 3. The van der Waals surface area contributed by atoms with E-state index in [9.17, 15) is 5.11 Å². The van der Waals surface area contributed by atoms with Crippen LogP contribution in [0.4, 0.5) is 5.82 Å². The molecule has 5 heteroatoms. The number of aromatic nitrogens is 2. The molecule has 1 aromatic heterocycles. The first-order valence-electron chi connectivity index (χ1n) is 5.45. The zero-order valence-electron chi connectivity index (χ0n) is 9.77. The highest BCUT2D eigenvalue weighted by Crippen LogP contribution is 2.08. The highest BCUT2D eigenvalue weighted by molar-refractivity contribution is 5.35. The van der Waals surface area contributed by atoms with Crippen LogP contribution in [0.2, 0.25) is 0 Å². The molecule has 0 radical (unpaired) electrons. The lowest BCUT2D eigenvalue weighted by atomic mass is 10.1. The monoisotopic (exact) mass is 225 g/mol. The predicted molar refractivity (Wildman–Crippen MR) is 62.2 cm³/mol. The molecule has 0 spiro atoms. The van der Waals surface area contributed by atoms with Crippen molar-refractivity contribution in [2.75, 3.05) is 18.5 Å². The van der Waals surface area contributed by atoms with Crippen LogP contribution in [-0.4, -0.2) is 38.9 Å². The number of hydrogen-bond acceptors (Lipinski definition) is 5. The van der Waals surface area contributed by atoms with Gasteiger partial charge < -0.3 is 15.5 Å². The molecule has 0 saturated carbocycles. The quantitative estimate of drug-likeness (QED) is 0.660. The van der Waals surface area contributed by atoms with Crippen molar-refractivity contribution in [2.45, 2.75) is 32.3 Å². The fourth-order valence-electron chi connectivity index (χ4n) is 1.22. The maximum absolute atomic E-state index is 9.60. The van der Waals surface area contributed by atoms with Crippen molar-refractivity contribution in [3.8, 4) is 0 Å². The molecule has 0 amide bonds. The normalized spacial score (nSPS) is 14.5. The summed E-state index contributed by atoms with van der Waals surface area (Å²) < 4.78 is 0. The maximum Gasteiger partial charge on any atom is 0.129 e. The van der Waals surface area contributed by atoms with Gasteiger partial charge in [-0.1, -0.05) is 13.3 Å². The third kappa shape index (κ3) is 4.12. The average Bonchev–Trinajstić information content (AvgIpc) is 2.28. The van der Waals surface area contributed by atoms with Crippen molar-refractivity contribution in [3.05, 3.63) is 18.1 Å². The number of rotatable bonds is 6. The van der Waals surface area contributed by atoms with Gasteiger partial charge in [-0.3, -0.25) is 0 Å². The summed E-state index contributed by atoms with van der Waals surface area (Å²) in [6, 6.07) is 1.86. The van der Waals surface area contributed by atoms with E-state index < -0.39 is 5.60 Å². The molecule has 90 valence electrons. The van der Waals surface area contributed by atoms with Gasteiger partial charge in [0.2, 0.25) is 0 Å². The first-order chi connectivity index (χ1) is 7.57. The van der Waals surface area contributed by atoms with E-state index in [0.717, 1.165) is 18.5 Å². The summed E-state index contributed by atoms with van der Waals surface area (Å²) in [7, 11) is 0. The van der Waals surface area contributed by atoms with Gasteiger partial charge in [0, 0.05) is 18.3 Å². The minimum Gasteiger partial charge on any atom is -0.393 e. The van der Waals surface area contributed by atoms with Crippen molar-refractivity contribution >= 4 is 5.82 Å². The Morgan fingerprint density at radius 1 is 1.44 bits per heavy atom. The van der Waals surface area contributed by atoms with E-state index in [1.54, 1.807) is 6.92 Å². The zero-order valence-corrected chi connectivity index (χ0v) is 9.77. The number of aliphatic hydroxyl groups is 2. The van der Waals surface area contributed by atoms with Crippen molar-refractivity contribution in [1.29, 1.82) is 0 Å². The summed E-state index contributed by atoms with van der Waals surface area (Å²) in [6.45, 7) is 3.62. The Morgan fingerprint density at radius 2 is 2.19 bits per heavy atom. The third-order valence-corrected chi connectivity index (χ3v) is 2.22. The Morgan fingerprint density at radius 3 is 2.81 bits per heavy atom. The van der Waals surface area contributed by atoms with E-state index in [0.29, 0.717) is 5.82 Å². The zero-order chi connectivity index (χ0) is 12.0. The highest BCUT2D eigenvalue weighted by Gasteiger charge is 2.18. The Kier molecular flexibility index (Phi) is 4.64. The van der Waals surface area contributed by atoms with Gasteiger partial charge in [0.1, 0.15) is 17.7 Å². The van der Waals surface area contributed by atoms with Gasteiger partial charge in [0.15, 0.2) is 0 Å². The highest BCUT2D eigenvalue weighted by atomic mass is 16.3. The van der Waals surface area contributed by atoms with Crippen molar-refractivity contribution in [3.63, 3.8) is 0 Å². The SMILES string of the molecule is CCCc1cc(NCC(C)(O)CO)ncn1. The number of aliphatic hydroxyl groups excluding tert-OH is 1. The fraction of sp³-hybridized carbons (Fsp3) is 0.636. The molecule has 1 rings (SSSR count). The number of nitrogens with one attached hydrogen (secondary N) is 1. The molecule has 0 saturated heterocycles. The van der Waals surface area contributed by atoms with Gasteiger partial charge in [-0.15, -0.1) is 0 Å². The van der Waals surface area contributed by atoms with Gasteiger partial charge in [-0.25, -0.2) is 9.97 Å². The van der Waals surface area contributed by atoms with Crippen LogP contribution < -0.4 is 5.32 Å². The molecular formula is C11H19N3O2. The molecule has 0 aliphatic rings. The number of anilines is 1. The second-order valence-electron chi connectivity index (χ2n) is 4.15. The minimum atomic E-state index is -1.13.